The summed E-state index contributed by atoms with van der Waals surface area (Å²) in [6.45, 7) is 8.51. The lowest BCUT2D eigenvalue weighted by molar-refractivity contribution is 0.0498. The van der Waals surface area contributed by atoms with Gasteiger partial charge in [-0.15, -0.1) is 0 Å². The average molecular weight is 620 g/mol. The molecule has 232 valence electrons. The number of alkyl carbamates (subject to hydrolysis) is 1. The molecule has 1 fully saturated rings. The summed E-state index contributed by atoms with van der Waals surface area (Å²) in [6.07, 6.45) is 1.01. The molecule has 1 atom stereocenters. The van der Waals surface area contributed by atoms with Gasteiger partial charge in [0.2, 0.25) is 0 Å². The number of carbonyl (C=O) groups is 3. The molecule has 2 aromatic carbocycles. The van der Waals surface area contributed by atoms with Gasteiger partial charge in [0.25, 0.3) is 5.91 Å². The van der Waals surface area contributed by atoms with Crippen LogP contribution in [0.25, 0.3) is 0 Å². The number of hydrogen-bond acceptors (Lipinski definition) is 7. The largest absolute Gasteiger partial charge is 0.465 e. The predicted octanol–water partition coefficient (Wildman–Crippen LogP) is 5.93. The van der Waals surface area contributed by atoms with Crippen molar-refractivity contribution in [1.29, 1.82) is 5.26 Å². The zero-order valence-electron chi connectivity index (χ0n) is 25.9. The van der Waals surface area contributed by atoms with Gasteiger partial charge in [-0.3, -0.25) is 4.79 Å². The summed E-state index contributed by atoms with van der Waals surface area (Å²) < 4.78 is 12.1. The standard InChI is InChI=1S/C33H38ClN5O5/c1-21-26(18-35)29(38-17-9-11-24(20-38)36-32(42)44-33(2,3)4)39(19-23-10-7-8-12-27(23)34)28(21)30(40)37(5)25-15-13-22(14-16-25)31(41)43-6/h7-8,10,12-16,24H,9,11,17,19-20H2,1-6H3,(H,36,42)/t24-/m1/s1. The number of nitrogens with one attached hydrogen (secondary N) is 1. The SMILES string of the molecule is COC(=O)c1ccc(N(C)C(=O)c2c(C)c(C#N)c(N3CCC[C@@H](NC(=O)OC(C)(C)C)C3)n2Cc2ccccc2Cl)cc1. The molecule has 10 nitrogen and oxygen atoms in total. The van der Waals surface area contributed by atoms with Crippen LogP contribution in [0.4, 0.5) is 16.3 Å². The van der Waals surface area contributed by atoms with Crippen molar-refractivity contribution in [3.63, 3.8) is 0 Å². The number of ether oxygens (including phenoxy) is 2. The number of aromatic nitrogens is 1. The predicted molar refractivity (Wildman–Crippen MR) is 170 cm³/mol. The van der Waals surface area contributed by atoms with E-state index in [1.165, 1.54) is 12.0 Å². The molecule has 4 rings (SSSR count). The first kappa shape index (κ1) is 32.4. The fourth-order valence-electron chi connectivity index (χ4n) is 5.40. The first-order chi connectivity index (χ1) is 20.8. The molecule has 0 saturated carbocycles. The molecule has 0 spiro atoms. The Morgan fingerprint density at radius 3 is 2.43 bits per heavy atom. The molecule has 2 heterocycles. The Morgan fingerprint density at radius 2 is 1.82 bits per heavy atom. The number of halogens is 1. The molecule has 0 aliphatic carbocycles. The van der Waals surface area contributed by atoms with Crippen LogP contribution in [-0.2, 0) is 16.0 Å². The third kappa shape index (κ3) is 7.17. The summed E-state index contributed by atoms with van der Waals surface area (Å²) in [4.78, 5) is 42.3. The van der Waals surface area contributed by atoms with Gasteiger partial charge in [-0.25, -0.2) is 9.59 Å². The number of esters is 1. The molecule has 1 N–H and O–H groups in total. The van der Waals surface area contributed by atoms with Gasteiger partial charge in [-0.05, 0) is 82.0 Å². The number of anilines is 2. The van der Waals surface area contributed by atoms with E-state index in [0.717, 1.165) is 18.4 Å². The van der Waals surface area contributed by atoms with E-state index in [2.05, 4.69) is 16.3 Å². The van der Waals surface area contributed by atoms with Crippen LogP contribution in [0.1, 0.15) is 71.1 Å². The zero-order valence-corrected chi connectivity index (χ0v) is 26.7. The maximum atomic E-state index is 14.2. The maximum absolute atomic E-state index is 14.2. The smallest absolute Gasteiger partial charge is 0.407 e. The third-order valence-corrected chi connectivity index (χ3v) is 7.87. The van der Waals surface area contributed by atoms with Gasteiger partial charge in [-0.2, -0.15) is 5.26 Å². The number of methoxy groups -OCH3 is 1. The van der Waals surface area contributed by atoms with Crippen LogP contribution in [0.2, 0.25) is 5.02 Å². The maximum Gasteiger partial charge on any atom is 0.407 e. The van der Waals surface area contributed by atoms with E-state index in [4.69, 9.17) is 21.1 Å². The van der Waals surface area contributed by atoms with Gasteiger partial charge in [0, 0.05) is 36.9 Å². The molecule has 1 saturated heterocycles. The summed E-state index contributed by atoms with van der Waals surface area (Å²) >= 11 is 6.58. The third-order valence-electron chi connectivity index (χ3n) is 7.50. The Morgan fingerprint density at radius 1 is 1.14 bits per heavy atom. The fraction of sp³-hybridized carbons (Fsp3) is 0.394. The van der Waals surface area contributed by atoms with Crippen molar-refractivity contribution < 1.29 is 23.9 Å². The van der Waals surface area contributed by atoms with Crippen LogP contribution in [-0.4, -0.2) is 61.4 Å². The molecular weight excluding hydrogens is 582 g/mol. The second-order valence-corrected chi connectivity index (χ2v) is 12.2. The van der Waals surface area contributed by atoms with Crippen molar-refractivity contribution in [2.24, 2.45) is 0 Å². The molecule has 0 bridgehead atoms. The van der Waals surface area contributed by atoms with Gasteiger partial charge in [0.15, 0.2) is 0 Å². The van der Waals surface area contributed by atoms with Gasteiger partial charge in [0.1, 0.15) is 23.2 Å². The summed E-state index contributed by atoms with van der Waals surface area (Å²) in [7, 11) is 2.96. The molecule has 1 aromatic heterocycles. The topological polar surface area (TPSA) is 117 Å². The van der Waals surface area contributed by atoms with Gasteiger partial charge in [0.05, 0.1) is 24.8 Å². The van der Waals surface area contributed by atoms with Crippen LogP contribution in [0.3, 0.4) is 0 Å². The van der Waals surface area contributed by atoms with E-state index < -0.39 is 17.7 Å². The van der Waals surface area contributed by atoms with E-state index in [0.29, 0.717) is 52.0 Å². The van der Waals surface area contributed by atoms with Crippen molar-refractivity contribution in [2.75, 3.05) is 37.0 Å². The van der Waals surface area contributed by atoms with Crippen LogP contribution in [0.15, 0.2) is 48.5 Å². The Labute approximate surface area is 263 Å². The number of carbonyl (C=O) groups excluding carboxylic acids is 3. The lowest BCUT2D eigenvalue weighted by Gasteiger charge is -2.36. The van der Waals surface area contributed by atoms with Gasteiger partial charge >= 0.3 is 12.1 Å². The fourth-order valence-corrected chi connectivity index (χ4v) is 5.59. The molecule has 2 amide bonds. The number of nitriles is 1. The number of nitrogens with zero attached hydrogens (tertiary/aromatic N) is 4. The lowest BCUT2D eigenvalue weighted by atomic mass is 10.0. The lowest BCUT2D eigenvalue weighted by Crippen LogP contribution is -2.49. The van der Waals surface area contributed by atoms with E-state index in [-0.39, 0.29) is 18.5 Å². The Bertz CT molecular complexity index is 1590. The first-order valence-electron chi connectivity index (χ1n) is 14.4. The molecule has 3 aromatic rings. The summed E-state index contributed by atoms with van der Waals surface area (Å²) in [5, 5.41) is 13.9. The number of rotatable bonds is 7. The second-order valence-electron chi connectivity index (χ2n) is 11.8. The Hall–Kier alpha value is -4.49. The van der Waals surface area contributed by atoms with Gasteiger partial charge in [-0.1, -0.05) is 29.8 Å². The minimum Gasteiger partial charge on any atom is -0.465 e. The monoisotopic (exact) mass is 619 g/mol. The molecule has 1 aliphatic rings. The van der Waals surface area contributed by atoms with Crippen molar-refractivity contribution in [3.8, 4) is 6.07 Å². The van der Waals surface area contributed by atoms with Crippen LogP contribution < -0.4 is 15.1 Å². The molecular formula is C33H38ClN5O5. The molecule has 44 heavy (non-hydrogen) atoms. The second kappa shape index (κ2) is 13.4. The van der Waals surface area contributed by atoms with Crippen LogP contribution >= 0.6 is 11.6 Å². The van der Waals surface area contributed by atoms with E-state index in [9.17, 15) is 19.6 Å². The van der Waals surface area contributed by atoms with E-state index in [1.54, 1.807) is 44.3 Å². The molecule has 0 unspecified atom stereocenters. The molecule has 1 aliphatic heterocycles. The number of piperidine rings is 1. The summed E-state index contributed by atoms with van der Waals surface area (Å²) in [6, 6.07) is 16.0. The zero-order chi connectivity index (χ0) is 32.2. The van der Waals surface area contributed by atoms with Crippen LogP contribution in [0.5, 0.6) is 0 Å². The molecule has 0 radical (unpaired) electrons. The van der Waals surface area contributed by atoms with Crippen molar-refractivity contribution in [3.05, 3.63) is 81.5 Å². The van der Waals surface area contributed by atoms with Crippen LogP contribution in [0, 0.1) is 18.3 Å². The summed E-state index contributed by atoms with van der Waals surface area (Å²) in [5.74, 6) is -0.207. The number of amides is 2. The Kier molecular flexibility index (Phi) is 9.90. The summed E-state index contributed by atoms with van der Waals surface area (Å²) in [5.41, 5.74) is 2.35. The van der Waals surface area contributed by atoms with Gasteiger partial charge < -0.3 is 29.2 Å². The highest BCUT2D eigenvalue weighted by Gasteiger charge is 2.33. The number of benzene rings is 2. The van der Waals surface area contributed by atoms with Crippen molar-refractivity contribution >= 4 is 41.1 Å². The number of hydrogen-bond donors (Lipinski definition) is 1. The van der Waals surface area contributed by atoms with Crippen molar-refractivity contribution in [1.82, 2.24) is 9.88 Å². The van der Waals surface area contributed by atoms with E-state index in [1.807, 2.05) is 43.5 Å². The van der Waals surface area contributed by atoms with Crippen molar-refractivity contribution in [2.45, 2.75) is 58.7 Å². The average Bonchev–Trinajstić information content (AvgIpc) is 3.26. The first-order valence-corrected chi connectivity index (χ1v) is 14.8. The molecule has 11 heteroatoms. The quantitative estimate of drug-likeness (QED) is 0.326. The minimum absolute atomic E-state index is 0.218. The Balaban J connectivity index is 1.76. The normalized spacial score (nSPS) is 14.9. The highest BCUT2D eigenvalue weighted by Crippen LogP contribution is 2.35. The minimum atomic E-state index is -0.631. The van der Waals surface area contributed by atoms with E-state index >= 15 is 0 Å². The highest BCUT2D eigenvalue weighted by atomic mass is 35.5. The highest BCUT2D eigenvalue weighted by molar-refractivity contribution is 6.31.